The fraction of sp³-hybridized carbons (Fsp3) is 0.526. The minimum absolute atomic E-state index is 0.362. The van der Waals surface area contributed by atoms with Gasteiger partial charge in [-0.25, -0.2) is 4.98 Å². The Hall–Kier alpha value is -2.57. The van der Waals surface area contributed by atoms with Gasteiger partial charge in [0.1, 0.15) is 5.82 Å². The van der Waals surface area contributed by atoms with Gasteiger partial charge in [0.05, 0.1) is 12.2 Å². The Kier molecular flexibility index (Phi) is 6.09. The van der Waals surface area contributed by atoms with Crippen LogP contribution in [0.1, 0.15) is 49.6 Å². The summed E-state index contributed by atoms with van der Waals surface area (Å²) in [6.45, 7) is 7.64. The zero-order valence-corrected chi connectivity index (χ0v) is 15.8. The van der Waals surface area contributed by atoms with Crippen LogP contribution in [0.15, 0.2) is 33.9 Å². The average Bonchev–Trinajstić information content (AvgIpc) is 3.34. The third-order valence-corrected chi connectivity index (χ3v) is 4.52. The number of hydrogen-bond acceptors (Lipinski definition) is 5. The summed E-state index contributed by atoms with van der Waals surface area (Å²) in [5.74, 6) is 2.96. The Morgan fingerprint density at radius 2 is 2.00 bits per heavy atom. The summed E-state index contributed by atoms with van der Waals surface area (Å²) in [6, 6.07) is 6.16. The van der Waals surface area contributed by atoms with E-state index in [1.807, 2.05) is 18.3 Å². The van der Waals surface area contributed by atoms with E-state index in [4.69, 9.17) is 4.52 Å². The van der Waals surface area contributed by atoms with Crippen molar-refractivity contribution in [2.75, 3.05) is 25.0 Å². The fourth-order valence-corrected chi connectivity index (χ4v) is 2.95. The van der Waals surface area contributed by atoms with Gasteiger partial charge in [0, 0.05) is 38.9 Å². The number of pyridine rings is 1. The molecule has 2 aromatic heterocycles. The molecule has 0 radical (unpaired) electrons. The van der Waals surface area contributed by atoms with Gasteiger partial charge in [-0.15, -0.1) is 0 Å². The number of nitrogens with zero attached hydrogens (tertiary/aromatic N) is 4. The summed E-state index contributed by atoms with van der Waals surface area (Å²) in [5, 5.41) is 10.7. The van der Waals surface area contributed by atoms with E-state index in [1.54, 1.807) is 7.05 Å². The van der Waals surface area contributed by atoms with Crippen LogP contribution in [0, 0.1) is 0 Å². The Morgan fingerprint density at radius 3 is 2.69 bits per heavy atom. The monoisotopic (exact) mass is 356 g/mol. The summed E-state index contributed by atoms with van der Waals surface area (Å²) in [5.41, 5.74) is 2.16. The summed E-state index contributed by atoms with van der Waals surface area (Å²) in [4.78, 5) is 11.1. The Labute approximate surface area is 154 Å². The van der Waals surface area contributed by atoms with Crippen LogP contribution >= 0.6 is 0 Å². The number of guanidine groups is 1. The van der Waals surface area contributed by atoms with Crippen molar-refractivity contribution in [1.82, 2.24) is 20.8 Å². The van der Waals surface area contributed by atoms with Crippen LogP contribution in [0.3, 0.4) is 0 Å². The summed E-state index contributed by atoms with van der Waals surface area (Å²) >= 11 is 0. The van der Waals surface area contributed by atoms with E-state index in [0.29, 0.717) is 19.0 Å². The molecule has 140 valence electrons. The van der Waals surface area contributed by atoms with E-state index in [-0.39, 0.29) is 0 Å². The van der Waals surface area contributed by atoms with Crippen molar-refractivity contribution in [3.05, 3.63) is 41.4 Å². The van der Waals surface area contributed by atoms with Crippen molar-refractivity contribution < 1.29 is 4.52 Å². The minimum Gasteiger partial charge on any atom is -0.359 e. The number of hydrogen-bond donors (Lipinski definition) is 2. The topological polar surface area (TPSA) is 78.6 Å². The molecule has 0 spiro atoms. The Morgan fingerprint density at radius 1 is 1.23 bits per heavy atom. The van der Waals surface area contributed by atoms with E-state index in [1.165, 1.54) is 18.4 Å². The van der Waals surface area contributed by atoms with Crippen LogP contribution in [-0.4, -0.2) is 36.2 Å². The quantitative estimate of drug-likeness (QED) is 0.612. The molecular formula is C19H28N6O. The zero-order valence-electron chi connectivity index (χ0n) is 15.8. The second-order valence-electron chi connectivity index (χ2n) is 6.87. The Balaban J connectivity index is 1.51. The molecule has 1 aliphatic rings. The molecule has 2 aromatic rings. The first-order chi connectivity index (χ1) is 12.7. The highest BCUT2D eigenvalue weighted by atomic mass is 16.5. The molecule has 26 heavy (non-hydrogen) atoms. The standard InChI is InChI=1S/C19H28N6O/c1-14(2)17-11-16(26-24-17)13-23-19(20-3)22-12-15-6-7-21-18(10-15)25-8-4-5-9-25/h6-7,10-11,14H,4-5,8-9,12-13H2,1-3H3,(H2,20,22,23). The maximum absolute atomic E-state index is 5.35. The van der Waals surface area contributed by atoms with Crippen LogP contribution in [-0.2, 0) is 13.1 Å². The molecule has 1 fully saturated rings. The molecule has 3 heterocycles. The van der Waals surface area contributed by atoms with E-state index in [0.717, 1.165) is 36.3 Å². The predicted octanol–water partition coefficient (Wildman–Crippen LogP) is 2.66. The van der Waals surface area contributed by atoms with E-state index < -0.39 is 0 Å². The van der Waals surface area contributed by atoms with Gasteiger partial charge in [-0.3, -0.25) is 4.99 Å². The number of rotatable bonds is 6. The molecular weight excluding hydrogens is 328 g/mol. The highest BCUT2D eigenvalue weighted by Crippen LogP contribution is 2.18. The lowest BCUT2D eigenvalue weighted by atomic mass is 10.1. The maximum Gasteiger partial charge on any atom is 0.191 e. The van der Waals surface area contributed by atoms with Gasteiger partial charge in [-0.1, -0.05) is 19.0 Å². The average molecular weight is 356 g/mol. The van der Waals surface area contributed by atoms with E-state index in [2.05, 4.69) is 50.6 Å². The molecule has 2 N–H and O–H groups in total. The van der Waals surface area contributed by atoms with Crippen molar-refractivity contribution in [3.63, 3.8) is 0 Å². The van der Waals surface area contributed by atoms with Gasteiger partial charge in [-0.05, 0) is 36.5 Å². The van der Waals surface area contributed by atoms with E-state index >= 15 is 0 Å². The third-order valence-electron chi connectivity index (χ3n) is 4.52. The SMILES string of the molecule is CN=C(NCc1ccnc(N2CCCC2)c1)NCc1cc(C(C)C)no1. The van der Waals surface area contributed by atoms with E-state index in [9.17, 15) is 0 Å². The smallest absolute Gasteiger partial charge is 0.191 e. The van der Waals surface area contributed by atoms with Crippen LogP contribution in [0.4, 0.5) is 5.82 Å². The predicted molar refractivity (Wildman–Crippen MR) is 103 cm³/mol. The molecule has 0 aromatic carbocycles. The number of aromatic nitrogens is 2. The molecule has 3 rings (SSSR count). The molecule has 7 nitrogen and oxygen atoms in total. The number of nitrogens with one attached hydrogen (secondary N) is 2. The molecule has 0 bridgehead atoms. The van der Waals surface area contributed by atoms with Crippen LogP contribution < -0.4 is 15.5 Å². The van der Waals surface area contributed by atoms with Crippen molar-refractivity contribution >= 4 is 11.8 Å². The zero-order chi connectivity index (χ0) is 18.4. The Bertz CT molecular complexity index is 733. The molecule has 0 unspecified atom stereocenters. The molecule has 1 aliphatic heterocycles. The van der Waals surface area contributed by atoms with Crippen molar-refractivity contribution in [2.45, 2.75) is 45.7 Å². The van der Waals surface area contributed by atoms with Crippen molar-refractivity contribution in [3.8, 4) is 0 Å². The minimum atomic E-state index is 0.362. The van der Waals surface area contributed by atoms with Gasteiger partial charge < -0.3 is 20.1 Å². The molecule has 0 aliphatic carbocycles. The number of anilines is 1. The fourth-order valence-electron chi connectivity index (χ4n) is 2.95. The largest absolute Gasteiger partial charge is 0.359 e. The maximum atomic E-state index is 5.35. The molecule has 7 heteroatoms. The van der Waals surface area contributed by atoms with Gasteiger partial charge >= 0.3 is 0 Å². The highest BCUT2D eigenvalue weighted by molar-refractivity contribution is 5.79. The van der Waals surface area contributed by atoms with Crippen molar-refractivity contribution in [2.24, 2.45) is 4.99 Å². The molecule has 0 saturated carbocycles. The van der Waals surface area contributed by atoms with Gasteiger partial charge in [0.15, 0.2) is 11.7 Å². The lowest BCUT2D eigenvalue weighted by Gasteiger charge is -2.17. The van der Waals surface area contributed by atoms with Gasteiger partial charge in [0.2, 0.25) is 0 Å². The summed E-state index contributed by atoms with van der Waals surface area (Å²) < 4.78 is 5.35. The lowest BCUT2D eigenvalue weighted by Crippen LogP contribution is -2.36. The van der Waals surface area contributed by atoms with Gasteiger partial charge in [-0.2, -0.15) is 0 Å². The van der Waals surface area contributed by atoms with Gasteiger partial charge in [0.25, 0.3) is 0 Å². The normalized spacial score (nSPS) is 14.9. The number of aliphatic imine (C=N–C) groups is 1. The van der Waals surface area contributed by atoms with Crippen LogP contribution in [0.25, 0.3) is 0 Å². The van der Waals surface area contributed by atoms with Crippen LogP contribution in [0.2, 0.25) is 0 Å². The second-order valence-corrected chi connectivity index (χ2v) is 6.87. The molecule has 0 amide bonds. The van der Waals surface area contributed by atoms with Crippen LogP contribution in [0.5, 0.6) is 0 Å². The summed E-state index contributed by atoms with van der Waals surface area (Å²) in [7, 11) is 1.76. The highest BCUT2D eigenvalue weighted by Gasteiger charge is 2.13. The first-order valence-electron chi connectivity index (χ1n) is 9.25. The first-order valence-corrected chi connectivity index (χ1v) is 9.25. The molecule has 0 atom stereocenters. The first kappa shape index (κ1) is 18.2. The third kappa shape index (κ3) is 4.74. The molecule has 1 saturated heterocycles. The van der Waals surface area contributed by atoms with Crippen molar-refractivity contribution in [1.29, 1.82) is 0 Å². The summed E-state index contributed by atoms with van der Waals surface area (Å²) in [6.07, 6.45) is 4.38. The second kappa shape index (κ2) is 8.69. The lowest BCUT2D eigenvalue weighted by molar-refractivity contribution is 0.372.